The number of halogens is 3. The first-order chi connectivity index (χ1) is 16.1. The monoisotopic (exact) mass is 494 g/mol. The topological polar surface area (TPSA) is 105 Å². The number of alkyl halides is 3. The molecule has 3 heterocycles. The molecule has 4 rings (SSSR count). The van der Waals surface area contributed by atoms with Crippen LogP contribution in [0.15, 0.2) is 53.8 Å². The number of nitrogens with zero attached hydrogens (tertiary/aromatic N) is 5. The zero-order valence-electron chi connectivity index (χ0n) is 18.7. The summed E-state index contributed by atoms with van der Waals surface area (Å²) < 4.78 is 43.6. The first-order valence-electron chi connectivity index (χ1n) is 10.4. The Morgan fingerprint density at radius 2 is 1.71 bits per heavy atom. The predicted molar refractivity (Wildman–Crippen MR) is 124 cm³/mol. The van der Waals surface area contributed by atoms with Gasteiger partial charge >= 0.3 is 12.1 Å². The minimum absolute atomic E-state index is 0.337. The summed E-state index contributed by atoms with van der Waals surface area (Å²) in [6.45, 7) is 5.91. The first kappa shape index (κ1) is 25.5. The van der Waals surface area contributed by atoms with Crippen molar-refractivity contribution in [2.75, 3.05) is 37.3 Å². The van der Waals surface area contributed by atoms with Crippen molar-refractivity contribution >= 4 is 33.6 Å². The maximum Gasteiger partial charge on any atom is 0.470 e. The summed E-state index contributed by atoms with van der Waals surface area (Å²) in [7, 11) is -1.04. The lowest BCUT2D eigenvalue weighted by Crippen LogP contribution is -2.47. The van der Waals surface area contributed by atoms with Gasteiger partial charge in [-0.15, -0.1) is 0 Å². The van der Waals surface area contributed by atoms with Crippen molar-refractivity contribution in [1.29, 1.82) is 0 Å². The first-order valence-corrected chi connectivity index (χ1v) is 12.0. The van der Waals surface area contributed by atoms with Crippen LogP contribution in [-0.4, -0.2) is 68.6 Å². The van der Waals surface area contributed by atoms with Gasteiger partial charge in [-0.05, 0) is 24.6 Å². The molecule has 0 radical (unpaired) electrons. The van der Waals surface area contributed by atoms with E-state index < -0.39 is 22.9 Å². The van der Waals surface area contributed by atoms with Gasteiger partial charge in [0.2, 0.25) is 5.95 Å². The molecule has 1 aromatic carbocycles. The van der Waals surface area contributed by atoms with E-state index in [0.717, 1.165) is 31.7 Å². The molecule has 3 aromatic rings. The number of nitrogens with two attached hydrogens (primary N) is 1. The Bertz CT molecular complexity index is 1150. The van der Waals surface area contributed by atoms with Gasteiger partial charge in [-0.2, -0.15) is 13.2 Å². The minimum Gasteiger partial charge on any atom is -0.362 e. The number of amides is 1. The van der Waals surface area contributed by atoms with Gasteiger partial charge in [0.15, 0.2) is 0 Å². The number of piperazine rings is 1. The number of hydrogen-bond donors (Lipinski definition) is 1. The number of carbonyl (C=O) groups is 1. The second-order valence-corrected chi connectivity index (χ2v) is 9.07. The van der Waals surface area contributed by atoms with Crippen LogP contribution >= 0.6 is 0 Å². The summed E-state index contributed by atoms with van der Waals surface area (Å²) in [4.78, 5) is 27.7. The lowest BCUT2D eigenvalue weighted by Gasteiger charge is -2.38. The standard InChI is InChI=1S/C20H23N5OS.C2H2F3NO/c1-15(17-6-5-16-4-3-7-21-19(16)12-17)24-8-10-25(11-9-24)20-22-13-18(14-23-20)27(2)26;3-2(4,5)1(6)7/h3-7,12-15H,8-11H2,1-2H3;(H2,6,7). The van der Waals surface area contributed by atoms with Crippen LogP contribution in [0.5, 0.6) is 0 Å². The van der Waals surface area contributed by atoms with Crippen LogP contribution in [0.25, 0.3) is 10.9 Å². The van der Waals surface area contributed by atoms with Crippen LogP contribution in [0.4, 0.5) is 19.1 Å². The van der Waals surface area contributed by atoms with Crippen molar-refractivity contribution in [3.63, 3.8) is 0 Å². The minimum atomic E-state index is -4.86. The fourth-order valence-corrected chi connectivity index (χ4v) is 3.89. The third kappa shape index (κ3) is 6.48. The van der Waals surface area contributed by atoms with E-state index in [-0.39, 0.29) is 0 Å². The molecule has 2 aromatic heterocycles. The molecule has 0 spiro atoms. The SMILES string of the molecule is CC(c1ccc2cccnc2c1)N1CCN(c2ncc(S(C)=O)cn2)CC1.NC(=O)C(F)(F)F. The van der Waals surface area contributed by atoms with Gasteiger partial charge in [0.25, 0.3) is 0 Å². The fraction of sp³-hybridized carbons (Fsp3) is 0.364. The smallest absolute Gasteiger partial charge is 0.362 e. The highest BCUT2D eigenvalue weighted by atomic mass is 32.2. The molecular formula is C22H25F3N6O2S. The van der Waals surface area contributed by atoms with Crippen LogP contribution < -0.4 is 10.6 Å². The van der Waals surface area contributed by atoms with E-state index in [0.29, 0.717) is 16.9 Å². The molecule has 34 heavy (non-hydrogen) atoms. The van der Waals surface area contributed by atoms with Gasteiger partial charge in [-0.1, -0.05) is 18.2 Å². The molecule has 1 aliphatic heterocycles. The van der Waals surface area contributed by atoms with E-state index in [2.05, 4.69) is 61.7 Å². The summed E-state index contributed by atoms with van der Waals surface area (Å²) in [5.74, 6) is -1.54. The molecule has 8 nitrogen and oxygen atoms in total. The lowest BCUT2D eigenvalue weighted by atomic mass is 10.0. The van der Waals surface area contributed by atoms with E-state index >= 15 is 0 Å². The largest absolute Gasteiger partial charge is 0.470 e. The summed E-state index contributed by atoms with van der Waals surface area (Å²) >= 11 is 0. The third-order valence-corrected chi connectivity index (χ3v) is 6.36. The zero-order valence-corrected chi connectivity index (χ0v) is 19.5. The van der Waals surface area contributed by atoms with Crippen LogP contribution in [0, 0.1) is 0 Å². The van der Waals surface area contributed by atoms with Crippen LogP contribution in [-0.2, 0) is 15.6 Å². The van der Waals surface area contributed by atoms with Gasteiger partial charge in [0, 0.05) is 62.5 Å². The Morgan fingerprint density at radius 1 is 1.09 bits per heavy atom. The van der Waals surface area contributed by atoms with Crippen LogP contribution in [0.3, 0.4) is 0 Å². The second-order valence-electron chi connectivity index (χ2n) is 7.69. The summed E-state index contributed by atoms with van der Waals surface area (Å²) in [5.41, 5.74) is 6.14. The van der Waals surface area contributed by atoms with Crippen molar-refractivity contribution in [2.45, 2.75) is 24.0 Å². The molecule has 1 amide bonds. The summed E-state index contributed by atoms with van der Waals surface area (Å²) in [5, 5.41) is 1.17. The number of anilines is 1. The number of pyridine rings is 1. The van der Waals surface area contributed by atoms with Gasteiger partial charge in [0.05, 0.1) is 21.2 Å². The molecular weight excluding hydrogens is 469 g/mol. The highest BCUT2D eigenvalue weighted by molar-refractivity contribution is 7.84. The number of carbonyl (C=O) groups excluding carboxylic acids is 1. The Labute approximate surface area is 197 Å². The highest BCUT2D eigenvalue weighted by Crippen LogP contribution is 2.25. The number of fused-ring (bicyclic) bond motifs is 1. The molecule has 12 heteroatoms. The lowest BCUT2D eigenvalue weighted by molar-refractivity contribution is -0.169. The molecule has 2 N–H and O–H groups in total. The molecule has 1 saturated heterocycles. The van der Waals surface area contributed by atoms with Gasteiger partial charge in [-0.3, -0.25) is 18.9 Å². The van der Waals surface area contributed by atoms with Gasteiger partial charge in [-0.25, -0.2) is 9.97 Å². The Balaban J connectivity index is 0.000000406. The Kier molecular flexibility index (Phi) is 8.15. The molecule has 0 bridgehead atoms. The quantitative estimate of drug-likeness (QED) is 0.595. The predicted octanol–water partition coefficient (Wildman–Crippen LogP) is 2.68. The number of rotatable bonds is 4. The Hall–Kier alpha value is -3.12. The van der Waals surface area contributed by atoms with E-state index in [1.54, 1.807) is 18.6 Å². The Morgan fingerprint density at radius 3 is 2.26 bits per heavy atom. The second kappa shape index (κ2) is 10.9. The van der Waals surface area contributed by atoms with E-state index in [1.807, 2.05) is 12.3 Å². The summed E-state index contributed by atoms with van der Waals surface area (Å²) in [6, 6.07) is 10.9. The fourth-order valence-electron chi connectivity index (χ4n) is 3.48. The molecule has 2 unspecified atom stereocenters. The van der Waals surface area contributed by atoms with Gasteiger partial charge < -0.3 is 10.6 Å². The van der Waals surface area contributed by atoms with E-state index in [4.69, 9.17) is 4.79 Å². The van der Waals surface area contributed by atoms with Crippen molar-refractivity contribution in [2.24, 2.45) is 5.73 Å². The van der Waals surface area contributed by atoms with Crippen LogP contribution in [0.2, 0.25) is 0 Å². The molecule has 182 valence electrons. The van der Waals surface area contributed by atoms with Crippen LogP contribution in [0.1, 0.15) is 18.5 Å². The molecule has 0 saturated carbocycles. The third-order valence-electron chi connectivity index (χ3n) is 5.48. The average Bonchev–Trinajstić information content (AvgIpc) is 2.83. The highest BCUT2D eigenvalue weighted by Gasteiger charge is 2.35. The average molecular weight is 495 g/mol. The number of primary amides is 1. The molecule has 0 aliphatic carbocycles. The van der Waals surface area contributed by atoms with Gasteiger partial charge in [0.1, 0.15) is 0 Å². The number of benzene rings is 1. The van der Waals surface area contributed by atoms with Crippen molar-refractivity contribution < 1.29 is 22.2 Å². The van der Waals surface area contributed by atoms with Crippen molar-refractivity contribution in [1.82, 2.24) is 19.9 Å². The van der Waals surface area contributed by atoms with Crippen molar-refractivity contribution in [3.05, 3.63) is 54.5 Å². The zero-order chi connectivity index (χ0) is 24.9. The maximum absolute atomic E-state index is 11.5. The van der Waals surface area contributed by atoms with Crippen molar-refractivity contribution in [3.8, 4) is 0 Å². The summed E-state index contributed by atoms with van der Waals surface area (Å²) in [6.07, 6.45) is 1.95. The molecule has 2 atom stereocenters. The molecule has 1 fully saturated rings. The molecule has 1 aliphatic rings. The normalized spacial score (nSPS) is 16.4. The van der Waals surface area contributed by atoms with E-state index in [1.165, 1.54) is 10.9 Å². The maximum atomic E-state index is 11.5. The van der Waals surface area contributed by atoms with E-state index in [9.17, 15) is 17.4 Å². The number of aromatic nitrogens is 3. The number of hydrogen-bond acceptors (Lipinski definition) is 7.